The molecule has 0 fully saturated rings. The molecule has 0 aromatic heterocycles. The number of carbonyl (C=O) groups is 1. The fourth-order valence-electron chi connectivity index (χ4n) is 2.60. The Labute approximate surface area is 114 Å². The van der Waals surface area contributed by atoms with Crippen molar-refractivity contribution in [3.05, 3.63) is 23.8 Å². The quantitative estimate of drug-likeness (QED) is 0.850. The van der Waals surface area contributed by atoms with Crippen molar-refractivity contribution >= 4 is 17.3 Å². The third-order valence-corrected chi connectivity index (χ3v) is 3.83. The number of ether oxygens (including phenoxy) is 1. The van der Waals surface area contributed by atoms with Crippen LogP contribution in [0.5, 0.6) is 0 Å². The Morgan fingerprint density at radius 1 is 1.42 bits per heavy atom. The summed E-state index contributed by atoms with van der Waals surface area (Å²) in [7, 11) is 1.65. The Morgan fingerprint density at radius 2 is 2.16 bits per heavy atom. The molecule has 0 bridgehead atoms. The van der Waals surface area contributed by atoms with Gasteiger partial charge >= 0.3 is 0 Å². The van der Waals surface area contributed by atoms with Gasteiger partial charge in [0.05, 0.1) is 6.61 Å². The predicted molar refractivity (Wildman–Crippen MR) is 77.3 cm³/mol. The summed E-state index contributed by atoms with van der Waals surface area (Å²) in [5, 5.41) is 0. The molecule has 4 heteroatoms. The summed E-state index contributed by atoms with van der Waals surface area (Å²) in [6.45, 7) is 5.45. The van der Waals surface area contributed by atoms with Gasteiger partial charge in [-0.25, -0.2) is 0 Å². The molecular formula is C15H22N2O2. The number of rotatable bonds is 3. The van der Waals surface area contributed by atoms with Crippen molar-refractivity contribution in [2.24, 2.45) is 0 Å². The first kappa shape index (κ1) is 13.9. The lowest BCUT2D eigenvalue weighted by atomic mass is 9.80. The molecule has 0 saturated heterocycles. The molecule has 0 saturated carbocycles. The number of carbonyl (C=O) groups excluding carboxylic acids is 1. The third kappa shape index (κ3) is 2.73. The highest BCUT2D eigenvalue weighted by Crippen LogP contribution is 2.39. The van der Waals surface area contributed by atoms with E-state index >= 15 is 0 Å². The van der Waals surface area contributed by atoms with Crippen LogP contribution in [0.1, 0.15) is 32.3 Å². The summed E-state index contributed by atoms with van der Waals surface area (Å²) in [5.41, 5.74) is 8.68. The van der Waals surface area contributed by atoms with Crippen molar-refractivity contribution in [1.82, 2.24) is 0 Å². The molecule has 1 heterocycles. The number of benzene rings is 1. The summed E-state index contributed by atoms with van der Waals surface area (Å²) < 4.78 is 5.11. The monoisotopic (exact) mass is 262 g/mol. The summed E-state index contributed by atoms with van der Waals surface area (Å²) >= 11 is 0. The van der Waals surface area contributed by atoms with Gasteiger partial charge in [-0.2, -0.15) is 0 Å². The van der Waals surface area contributed by atoms with Crippen LogP contribution in [-0.2, 0) is 14.9 Å². The highest BCUT2D eigenvalue weighted by Gasteiger charge is 2.32. The molecule has 0 aliphatic carbocycles. The first-order valence-corrected chi connectivity index (χ1v) is 6.65. The van der Waals surface area contributed by atoms with Gasteiger partial charge in [0.15, 0.2) is 0 Å². The van der Waals surface area contributed by atoms with E-state index in [1.165, 1.54) is 5.56 Å². The number of fused-ring (bicyclic) bond motifs is 1. The number of anilines is 2. The van der Waals surface area contributed by atoms with Crippen LogP contribution in [0.4, 0.5) is 11.4 Å². The molecule has 1 aliphatic rings. The number of nitrogen functional groups attached to an aromatic ring is 1. The number of methoxy groups -OCH3 is 1. The lowest BCUT2D eigenvalue weighted by Gasteiger charge is -2.27. The molecule has 1 aromatic rings. The number of nitrogens with two attached hydrogens (primary N) is 1. The number of hydrogen-bond donors (Lipinski definition) is 1. The van der Waals surface area contributed by atoms with Crippen molar-refractivity contribution in [3.8, 4) is 0 Å². The van der Waals surface area contributed by atoms with Gasteiger partial charge in [-0.1, -0.05) is 19.9 Å². The highest BCUT2D eigenvalue weighted by molar-refractivity contribution is 5.96. The minimum Gasteiger partial charge on any atom is -0.399 e. The fourth-order valence-corrected chi connectivity index (χ4v) is 2.60. The van der Waals surface area contributed by atoms with E-state index in [1.807, 2.05) is 23.1 Å². The molecule has 4 nitrogen and oxygen atoms in total. The van der Waals surface area contributed by atoms with E-state index in [4.69, 9.17) is 10.5 Å². The van der Waals surface area contributed by atoms with Crippen molar-refractivity contribution in [2.75, 3.05) is 30.9 Å². The second-order valence-electron chi connectivity index (χ2n) is 5.70. The van der Waals surface area contributed by atoms with E-state index < -0.39 is 0 Å². The fraction of sp³-hybridized carbons (Fsp3) is 0.533. The first-order chi connectivity index (χ1) is 8.95. The molecule has 104 valence electrons. The standard InChI is InChI=1S/C15H22N2O2/c1-15(2)7-6-14(18)17(8-9-19-3)13-10-11(16)4-5-12(13)15/h4-5,10H,6-9,16H2,1-3H3. The van der Waals surface area contributed by atoms with Crippen molar-refractivity contribution < 1.29 is 9.53 Å². The van der Waals surface area contributed by atoms with E-state index in [2.05, 4.69) is 13.8 Å². The van der Waals surface area contributed by atoms with Gasteiger partial charge in [0.1, 0.15) is 0 Å². The zero-order chi connectivity index (χ0) is 14.0. The minimum atomic E-state index is -0.0134. The second-order valence-corrected chi connectivity index (χ2v) is 5.70. The topological polar surface area (TPSA) is 55.6 Å². The average molecular weight is 262 g/mol. The molecule has 0 spiro atoms. The molecule has 19 heavy (non-hydrogen) atoms. The van der Waals surface area contributed by atoms with Crippen molar-refractivity contribution in [3.63, 3.8) is 0 Å². The Hall–Kier alpha value is -1.55. The SMILES string of the molecule is COCCN1C(=O)CCC(C)(C)c2ccc(N)cc21. The molecule has 2 rings (SSSR count). The van der Waals surface area contributed by atoms with Crippen LogP contribution in [0, 0.1) is 0 Å². The van der Waals surface area contributed by atoms with Crippen LogP contribution in [-0.4, -0.2) is 26.2 Å². The summed E-state index contributed by atoms with van der Waals surface area (Å²) in [4.78, 5) is 14.1. The Bertz CT molecular complexity index is 483. The van der Waals surface area contributed by atoms with Gasteiger partial charge in [0, 0.05) is 31.5 Å². The van der Waals surface area contributed by atoms with Crippen LogP contribution < -0.4 is 10.6 Å². The average Bonchev–Trinajstić information content (AvgIpc) is 2.44. The lowest BCUT2D eigenvalue weighted by Crippen LogP contribution is -2.33. The summed E-state index contributed by atoms with van der Waals surface area (Å²) in [6, 6.07) is 5.85. The Morgan fingerprint density at radius 3 is 2.84 bits per heavy atom. The number of hydrogen-bond acceptors (Lipinski definition) is 3. The Kier molecular flexibility index (Phi) is 3.80. The van der Waals surface area contributed by atoms with Crippen LogP contribution in [0.15, 0.2) is 18.2 Å². The predicted octanol–water partition coefficient (Wildman–Crippen LogP) is 2.32. The van der Waals surface area contributed by atoms with Gasteiger partial charge in [-0.05, 0) is 29.5 Å². The van der Waals surface area contributed by atoms with Gasteiger partial charge in [-0.3, -0.25) is 4.79 Å². The normalized spacial score (nSPS) is 18.1. The number of nitrogens with zero attached hydrogens (tertiary/aromatic N) is 1. The lowest BCUT2D eigenvalue weighted by molar-refractivity contribution is -0.118. The van der Waals surface area contributed by atoms with E-state index in [0.717, 1.165) is 12.1 Å². The smallest absolute Gasteiger partial charge is 0.227 e. The van der Waals surface area contributed by atoms with E-state index in [9.17, 15) is 4.79 Å². The van der Waals surface area contributed by atoms with Crippen LogP contribution >= 0.6 is 0 Å². The van der Waals surface area contributed by atoms with Gasteiger partial charge in [0.25, 0.3) is 0 Å². The van der Waals surface area contributed by atoms with Crippen molar-refractivity contribution in [1.29, 1.82) is 0 Å². The maximum Gasteiger partial charge on any atom is 0.227 e. The summed E-state index contributed by atoms with van der Waals surface area (Å²) in [6.07, 6.45) is 1.41. The van der Waals surface area contributed by atoms with Crippen LogP contribution in [0.3, 0.4) is 0 Å². The summed E-state index contributed by atoms with van der Waals surface area (Å²) in [5.74, 6) is 0.148. The highest BCUT2D eigenvalue weighted by atomic mass is 16.5. The molecule has 0 unspecified atom stereocenters. The van der Waals surface area contributed by atoms with E-state index in [-0.39, 0.29) is 11.3 Å². The van der Waals surface area contributed by atoms with Gasteiger partial charge < -0.3 is 15.4 Å². The van der Waals surface area contributed by atoms with Crippen LogP contribution in [0.2, 0.25) is 0 Å². The van der Waals surface area contributed by atoms with Crippen LogP contribution in [0.25, 0.3) is 0 Å². The van der Waals surface area contributed by atoms with Gasteiger partial charge in [-0.15, -0.1) is 0 Å². The molecule has 2 N–H and O–H groups in total. The second kappa shape index (κ2) is 5.21. The first-order valence-electron chi connectivity index (χ1n) is 6.65. The third-order valence-electron chi connectivity index (χ3n) is 3.83. The zero-order valence-electron chi connectivity index (χ0n) is 11.9. The maximum atomic E-state index is 12.3. The zero-order valence-corrected chi connectivity index (χ0v) is 11.9. The molecular weight excluding hydrogens is 240 g/mol. The minimum absolute atomic E-state index is 0.0134. The van der Waals surface area contributed by atoms with Crippen molar-refractivity contribution in [2.45, 2.75) is 32.1 Å². The largest absolute Gasteiger partial charge is 0.399 e. The van der Waals surface area contributed by atoms with E-state index in [1.54, 1.807) is 7.11 Å². The number of amides is 1. The van der Waals surface area contributed by atoms with E-state index in [0.29, 0.717) is 25.3 Å². The molecule has 0 radical (unpaired) electrons. The molecule has 1 amide bonds. The molecule has 0 atom stereocenters. The molecule has 1 aromatic carbocycles. The maximum absolute atomic E-state index is 12.3. The van der Waals surface area contributed by atoms with Gasteiger partial charge in [0.2, 0.25) is 5.91 Å². The molecule has 1 aliphatic heterocycles. The Balaban J connectivity index is 2.49.